The average Bonchev–Trinajstić information content (AvgIpc) is 2.61. The van der Waals surface area contributed by atoms with Crippen LogP contribution in [-0.2, 0) is 17.7 Å². The van der Waals surface area contributed by atoms with Gasteiger partial charge in [0, 0.05) is 17.8 Å². The minimum Gasteiger partial charge on any atom is -0.453 e. The average molecular weight is 340 g/mol. The molecule has 0 saturated carbocycles. The molecule has 0 spiro atoms. The highest BCUT2D eigenvalue weighted by molar-refractivity contribution is 6.04. The fourth-order valence-corrected chi connectivity index (χ4v) is 2.42. The minimum atomic E-state index is -0.474. The van der Waals surface area contributed by atoms with Crippen molar-refractivity contribution >= 4 is 17.7 Å². The molecule has 0 aromatic heterocycles. The van der Waals surface area contributed by atoms with Crippen LogP contribution in [0.4, 0.5) is 10.5 Å². The van der Waals surface area contributed by atoms with Crippen molar-refractivity contribution in [3.8, 4) is 0 Å². The van der Waals surface area contributed by atoms with Crippen molar-refractivity contribution in [3.05, 3.63) is 65.2 Å². The molecule has 0 fully saturated rings. The zero-order chi connectivity index (χ0) is 18.2. The van der Waals surface area contributed by atoms with Gasteiger partial charge in [-0.1, -0.05) is 38.1 Å². The number of carbonyl (C=O) groups excluding carboxylic acids is 2. The topological polar surface area (TPSA) is 67.4 Å². The molecular weight excluding hydrogens is 316 g/mol. The number of anilines is 1. The second kappa shape index (κ2) is 8.87. The number of carbonyl (C=O) groups is 2. The van der Waals surface area contributed by atoms with Crippen LogP contribution in [-0.4, -0.2) is 19.1 Å². The Balaban J connectivity index is 1.92. The maximum atomic E-state index is 12.3. The molecule has 0 atom stereocenters. The third-order valence-corrected chi connectivity index (χ3v) is 3.69. The van der Waals surface area contributed by atoms with Gasteiger partial charge in [-0.2, -0.15) is 0 Å². The Morgan fingerprint density at radius 3 is 2.12 bits per heavy atom. The molecule has 5 nitrogen and oxygen atoms in total. The van der Waals surface area contributed by atoms with Gasteiger partial charge in [0.1, 0.15) is 0 Å². The van der Waals surface area contributed by atoms with Gasteiger partial charge in [0.05, 0.1) is 7.11 Å². The van der Waals surface area contributed by atoms with Crippen LogP contribution in [0.1, 0.15) is 35.3 Å². The van der Waals surface area contributed by atoms with Crippen LogP contribution >= 0.6 is 0 Å². The van der Waals surface area contributed by atoms with Crippen molar-refractivity contribution in [2.75, 3.05) is 12.4 Å². The lowest BCUT2D eigenvalue weighted by molar-refractivity contribution is 0.102. The summed E-state index contributed by atoms with van der Waals surface area (Å²) in [4.78, 5) is 23.3. The second-order valence-electron chi connectivity index (χ2n) is 6.29. The van der Waals surface area contributed by atoms with Gasteiger partial charge in [-0.3, -0.25) is 4.79 Å². The zero-order valence-corrected chi connectivity index (χ0v) is 14.8. The number of nitrogens with one attached hydrogen (secondary N) is 2. The first-order valence-corrected chi connectivity index (χ1v) is 8.29. The van der Waals surface area contributed by atoms with Crippen molar-refractivity contribution in [1.29, 1.82) is 0 Å². The van der Waals surface area contributed by atoms with Crippen LogP contribution in [0.3, 0.4) is 0 Å². The molecule has 2 rings (SSSR count). The van der Waals surface area contributed by atoms with Crippen LogP contribution in [0, 0.1) is 5.92 Å². The quantitative estimate of drug-likeness (QED) is 0.835. The summed E-state index contributed by atoms with van der Waals surface area (Å²) in [5, 5.41) is 5.48. The molecule has 0 aliphatic rings. The van der Waals surface area contributed by atoms with Gasteiger partial charge >= 0.3 is 6.09 Å². The van der Waals surface area contributed by atoms with E-state index in [-0.39, 0.29) is 5.91 Å². The van der Waals surface area contributed by atoms with E-state index >= 15 is 0 Å². The largest absolute Gasteiger partial charge is 0.453 e. The highest BCUT2D eigenvalue weighted by Gasteiger charge is 2.07. The number of hydrogen-bond donors (Lipinski definition) is 2. The van der Waals surface area contributed by atoms with E-state index in [4.69, 9.17) is 0 Å². The number of methoxy groups -OCH3 is 1. The van der Waals surface area contributed by atoms with Gasteiger partial charge in [-0.05, 0) is 47.7 Å². The minimum absolute atomic E-state index is 0.142. The second-order valence-corrected chi connectivity index (χ2v) is 6.29. The van der Waals surface area contributed by atoms with Gasteiger partial charge in [-0.25, -0.2) is 4.79 Å². The molecule has 2 N–H and O–H groups in total. The Bertz CT molecular complexity index is 707. The van der Waals surface area contributed by atoms with Crippen molar-refractivity contribution in [1.82, 2.24) is 5.32 Å². The third kappa shape index (κ3) is 5.95. The SMILES string of the molecule is COC(=O)NCc1ccc(NC(=O)c2ccc(CC(C)C)cc2)cc1. The van der Waals surface area contributed by atoms with Crippen LogP contribution in [0.15, 0.2) is 48.5 Å². The summed E-state index contributed by atoms with van der Waals surface area (Å²) in [7, 11) is 1.32. The van der Waals surface area contributed by atoms with E-state index in [1.54, 1.807) is 12.1 Å². The normalized spacial score (nSPS) is 10.4. The Hall–Kier alpha value is -2.82. The number of benzene rings is 2. The molecule has 2 aromatic rings. The molecule has 25 heavy (non-hydrogen) atoms. The molecule has 0 aliphatic carbocycles. The van der Waals surface area contributed by atoms with Crippen molar-refractivity contribution in [2.45, 2.75) is 26.8 Å². The van der Waals surface area contributed by atoms with E-state index in [1.165, 1.54) is 12.7 Å². The van der Waals surface area contributed by atoms with Gasteiger partial charge < -0.3 is 15.4 Å². The first kappa shape index (κ1) is 18.5. The lowest BCUT2D eigenvalue weighted by Gasteiger charge is -2.09. The molecule has 0 unspecified atom stereocenters. The lowest BCUT2D eigenvalue weighted by atomic mass is 10.0. The Morgan fingerprint density at radius 1 is 0.960 bits per heavy atom. The zero-order valence-electron chi connectivity index (χ0n) is 14.8. The molecule has 0 heterocycles. The molecular formula is C20H24N2O3. The lowest BCUT2D eigenvalue weighted by Crippen LogP contribution is -2.22. The van der Waals surface area contributed by atoms with Gasteiger partial charge in [0.2, 0.25) is 0 Å². The van der Waals surface area contributed by atoms with Crippen LogP contribution in [0.25, 0.3) is 0 Å². The summed E-state index contributed by atoms with van der Waals surface area (Å²) in [5.41, 5.74) is 3.48. The van der Waals surface area contributed by atoms with Gasteiger partial charge in [-0.15, -0.1) is 0 Å². The predicted octanol–water partition coefficient (Wildman–Crippen LogP) is 3.99. The predicted molar refractivity (Wildman–Crippen MR) is 98.6 cm³/mol. The Labute approximate surface area is 148 Å². The molecule has 0 radical (unpaired) electrons. The molecule has 2 aromatic carbocycles. The van der Waals surface area contributed by atoms with E-state index in [9.17, 15) is 9.59 Å². The summed E-state index contributed by atoms with van der Waals surface area (Å²) in [6, 6.07) is 15.0. The standard InChI is InChI=1S/C20H24N2O3/c1-14(2)12-15-4-8-17(9-5-15)19(23)22-18-10-6-16(7-11-18)13-21-20(24)25-3/h4-11,14H,12-13H2,1-3H3,(H,21,24)(H,22,23). The van der Waals surface area contributed by atoms with Crippen LogP contribution in [0.2, 0.25) is 0 Å². The van der Waals surface area contributed by atoms with E-state index in [0.717, 1.165) is 12.0 Å². The molecule has 0 bridgehead atoms. The Morgan fingerprint density at radius 2 is 1.56 bits per heavy atom. The summed E-state index contributed by atoms with van der Waals surface area (Å²) in [6.07, 6.45) is 0.529. The smallest absolute Gasteiger partial charge is 0.407 e. The number of rotatable bonds is 6. The third-order valence-electron chi connectivity index (χ3n) is 3.69. The van der Waals surface area contributed by atoms with E-state index < -0.39 is 6.09 Å². The maximum absolute atomic E-state index is 12.3. The highest BCUT2D eigenvalue weighted by Crippen LogP contribution is 2.13. The first-order valence-electron chi connectivity index (χ1n) is 8.29. The van der Waals surface area contributed by atoms with E-state index in [2.05, 4.69) is 29.2 Å². The summed E-state index contributed by atoms with van der Waals surface area (Å²) >= 11 is 0. The highest BCUT2D eigenvalue weighted by atomic mass is 16.5. The van der Waals surface area contributed by atoms with E-state index in [1.807, 2.05) is 36.4 Å². The maximum Gasteiger partial charge on any atom is 0.407 e. The van der Waals surface area contributed by atoms with Crippen molar-refractivity contribution in [2.24, 2.45) is 5.92 Å². The summed E-state index contributed by atoms with van der Waals surface area (Å²) in [5.74, 6) is 0.448. The molecule has 132 valence electrons. The monoisotopic (exact) mass is 340 g/mol. The first-order chi connectivity index (χ1) is 12.0. The van der Waals surface area contributed by atoms with Crippen molar-refractivity contribution < 1.29 is 14.3 Å². The van der Waals surface area contributed by atoms with Gasteiger partial charge in [0.25, 0.3) is 5.91 Å². The summed E-state index contributed by atoms with van der Waals surface area (Å²) < 4.78 is 4.52. The Kier molecular flexibility index (Phi) is 6.57. The fraction of sp³-hybridized carbons (Fsp3) is 0.300. The van der Waals surface area contributed by atoms with Crippen LogP contribution in [0.5, 0.6) is 0 Å². The van der Waals surface area contributed by atoms with Crippen molar-refractivity contribution in [3.63, 3.8) is 0 Å². The van der Waals surface area contributed by atoms with E-state index in [0.29, 0.717) is 23.7 Å². The van der Waals surface area contributed by atoms with Crippen LogP contribution < -0.4 is 10.6 Å². The number of alkyl carbamates (subject to hydrolysis) is 1. The summed E-state index contributed by atoms with van der Waals surface area (Å²) in [6.45, 7) is 4.72. The molecule has 0 saturated heterocycles. The molecule has 0 aliphatic heterocycles. The number of ether oxygens (including phenoxy) is 1. The van der Waals surface area contributed by atoms with Gasteiger partial charge in [0.15, 0.2) is 0 Å². The number of amides is 2. The molecule has 2 amide bonds. The number of hydrogen-bond acceptors (Lipinski definition) is 3. The molecule has 5 heteroatoms. The fourth-order valence-electron chi connectivity index (χ4n) is 2.42.